The van der Waals surface area contributed by atoms with E-state index in [1.165, 1.54) is 4.88 Å². The van der Waals surface area contributed by atoms with Gasteiger partial charge in [-0.25, -0.2) is 4.68 Å². The number of nitrogens with one attached hydrogen (secondary N) is 2. The lowest BCUT2D eigenvalue weighted by Gasteiger charge is -2.34. The van der Waals surface area contributed by atoms with Crippen LogP contribution in [0.1, 0.15) is 10.9 Å². The first-order valence-electron chi connectivity index (χ1n) is 8.72. The van der Waals surface area contributed by atoms with Gasteiger partial charge in [0.1, 0.15) is 5.82 Å². The standard InChI is InChI=1S/C17H25N5OS/c1-2-16(24-9-1)15(21-5-7-23-8-6-21)12-18-10-14-11-19-17-3-4-20-22(17)13-14/h1-4,9,14-15,18-19H,5-8,10-13H2/t14-,15+/m1/s1. The maximum Gasteiger partial charge on any atom is 0.124 e. The average Bonchev–Trinajstić information content (AvgIpc) is 3.30. The first-order chi connectivity index (χ1) is 11.9. The number of hydrogen-bond acceptors (Lipinski definition) is 6. The minimum atomic E-state index is 0.450. The van der Waals surface area contributed by atoms with Gasteiger partial charge in [-0.1, -0.05) is 6.07 Å². The summed E-state index contributed by atoms with van der Waals surface area (Å²) in [7, 11) is 0. The van der Waals surface area contributed by atoms with Crippen LogP contribution in [-0.2, 0) is 11.3 Å². The molecule has 0 bridgehead atoms. The van der Waals surface area contributed by atoms with E-state index in [0.717, 1.165) is 58.3 Å². The maximum absolute atomic E-state index is 5.52. The van der Waals surface area contributed by atoms with Crippen LogP contribution in [0.2, 0.25) is 0 Å². The molecule has 0 spiro atoms. The maximum atomic E-state index is 5.52. The summed E-state index contributed by atoms with van der Waals surface area (Å²) in [6.45, 7) is 7.73. The fourth-order valence-electron chi connectivity index (χ4n) is 3.53. The minimum Gasteiger partial charge on any atom is -0.379 e. The predicted octanol–water partition coefficient (Wildman–Crippen LogP) is 1.65. The van der Waals surface area contributed by atoms with Crippen LogP contribution in [0.3, 0.4) is 0 Å². The molecule has 2 aromatic rings. The van der Waals surface area contributed by atoms with Gasteiger partial charge >= 0.3 is 0 Å². The Kier molecular flexibility index (Phi) is 5.13. The number of thiophene rings is 1. The summed E-state index contributed by atoms with van der Waals surface area (Å²) >= 11 is 1.85. The third-order valence-electron chi connectivity index (χ3n) is 4.85. The first kappa shape index (κ1) is 16.1. The molecule has 7 heteroatoms. The van der Waals surface area contributed by atoms with E-state index in [9.17, 15) is 0 Å². The van der Waals surface area contributed by atoms with Gasteiger partial charge in [-0.15, -0.1) is 11.3 Å². The van der Waals surface area contributed by atoms with E-state index in [2.05, 4.69) is 42.8 Å². The third kappa shape index (κ3) is 3.64. The van der Waals surface area contributed by atoms with Gasteiger partial charge < -0.3 is 15.4 Å². The van der Waals surface area contributed by atoms with Crippen molar-refractivity contribution in [2.45, 2.75) is 12.6 Å². The van der Waals surface area contributed by atoms with Crippen molar-refractivity contribution in [2.75, 3.05) is 51.3 Å². The van der Waals surface area contributed by atoms with Crippen LogP contribution in [0.5, 0.6) is 0 Å². The quantitative estimate of drug-likeness (QED) is 0.832. The van der Waals surface area contributed by atoms with Crippen LogP contribution >= 0.6 is 11.3 Å². The van der Waals surface area contributed by atoms with Gasteiger partial charge in [0.2, 0.25) is 0 Å². The van der Waals surface area contributed by atoms with Gasteiger partial charge in [0.15, 0.2) is 0 Å². The summed E-state index contributed by atoms with van der Waals surface area (Å²) in [6, 6.07) is 6.89. The van der Waals surface area contributed by atoms with Crippen LogP contribution in [0.15, 0.2) is 29.8 Å². The highest BCUT2D eigenvalue weighted by Crippen LogP contribution is 2.25. The molecule has 0 aliphatic carbocycles. The second-order valence-electron chi connectivity index (χ2n) is 6.48. The Morgan fingerprint density at radius 3 is 3.12 bits per heavy atom. The van der Waals surface area contributed by atoms with Gasteiger partial charge in [-0.3, -0.25) is 4.90 Å². The van der Waals surface area contributed by atoms with Crippen molar-refractivity contribution in [3.8, 4) is 0 Å². The summed E-state index contributed by atoms with van der Waals surface area (Å²) in [5.74, 6) is 1.71. The molecule has 4 heterocycles. The molecule has 0 saturated carbocycles. The highest BCUT2D eigenvalue weighted by atomic mass is 32.1. The van der Waals surface area contributed by atoms with Crippen molar-refractivity contribution in [1.82, 2.24) is 20.0 Å². The van der Waals surface area contributed by atoms with Gasteiger partial charge in [-0.05, 0) is 11.4 Å². The van der Waals surface area contributed by atoms with Crippen LogP contribution in [-0.4, -0.2) is 60.6 Å². The number of morpholine rings is 1. The van der Waals surface area contributed by atoms with Crippen molar-refractivity contribution in [1.29, 1.82) is 0 Å². The van der Waals surface area contributed by atoms with Gasteiger partial charge in [0.05, 0.1) is 25.5 Å². The molecular formula is C17H25N5OS. The average molecular weight is 347 g/mol. The fraction of sp³-hybridized carbons (Fsp3) is 0.588. The summed E-state index contributed by atoms with van der Waals surface area (Å²) < 4.78 is 7.58. The zero-order valence-electron chi connectivity index (χ0n) is 13.9. The number of hydrogen-bond donors (Lipinski definition) is 2. The van der Waals surface area contributed by atoms with E-state index in [1.807, 2.05) is 23.6 Å². The lowest BCUT2D eigenvalue weighted by molar-refractivity contribution is 0.0167. The lowest BCUT2D eigenvalue weighted by Crippen LogP contribution is -2.44. The lowest BCUT2D eigenvalue weighted by atomic mass is 10.1. The van der Waals surface area contributed by atoms with Gasteiger partial charge in [0.25, 0.3) is 0 Å². The minimum absolute atomic E-state index is 0.450. The molecule has 130 valence electrons. The molecule has 2 aliphatic rings. The number of ether oxygens (including phenoxy) is 1. The predicted molar refractivity (Wildman–Crippen MR) is 96.5 cm³/mol. The molecule has 0 unspecified atom stereocenters. The van der Waals surface area contributed by atoms with E-state index in [0.29, 0.717) is 12.0 Å². The fourth-order valence-corrected chi connectivity index (χ4v) is 4.39. The largest absolute Gasteiger partial charge is 0.379 e. The molecular weight excluding hydrogens is 322 g/mol. The molecule has 6 nitrogen and oxygen atoms in total. The van der Waals surface area contributed by atoms with Crippen molar-refractivity contribution >= 4 is 17.2 Å². The first-order valence-corrected chi connectivity index (χ1v) is 9.60. The normalized spacial score (nSPS) is 22.8. The Labute approximate surface area is 146 Å². The number of anilines is 1. The number of fused-ring (bicyclic) bond motifs is 1. The molecule has 24 heavy (non-hydrogen) atoms. The van der Waals surface area contributed by atoms with Crippen molar-refractivity contribution < 1.29 is 4.74 Å². The van der Waals surface area contributed by atoms with E-state index in [4.69, 9.17) is 4.74 Å². The number of nitrogens with zero attached hydrogens (tertiary/aromatic N) is 3. The topological polar surface area (TPSA) is 54.4 Å². The Morgan fingerprint density at radius 1 is 1.38 bits per heavy atom. The summed E-state index contributed by atoms with van der Waals surface area (Å²) in [5, 5.41) is 13.7. The molecule has 4 rings (SSSR count). The third-order valence-corrected chi connectivity index (χ3v) is 5.82. The number of aromatic nitrogens is 2. The van der Waals surface area contributed by atoms with Crippen molar-refractivity contribution in [2.24, 2.45) is 5.92 Å². The van der Waals surface area contributed by atoms with E-state index < -0.39 is 0 Å². The van der Waals surface area contributed by atoms with Gasteiger partial charge in [0, 0.05) is 56.1 Å². The summed E-state index contributed by atoms with van der Waals surface area (Å²) in [6.07, 6.45) is 1.86. The molecule has 2 aromatic heterocycles. The molecule has 0 aromatic carbocycles. The van der Waals surface area contributed by atoms with E-state index in [1.54, 1.807) is 0 Å². The van der Waals surface area contributed by atoms with Crippen LogP contribution in [0.25, 0.3) is 0 Å². The van der Waals surface area contributed by atoms with Gasteiger partial charge in [-0.2, -0.15) is 5.10 Å². The van der Waals surface area contributed by atoms with Crippen molar-refractivity contribution in [3.63, 3.8) is 0 Å². The Bertz CT molecular complexity index is 623. The molecule has 1 saturated heterocycles. The Balaban J connectivity index is 1.32. The van der Waals surface area contributed by atoms with Crippen LogP contribution in [0, 0.1) is 5.92 Å². The Hall–Kier alpha value is -1.41. The number of rotatable bonds is 6. The molecule has 1 fully saturated rings. The van der Waals surface area contributed by atoms with Crippen LogP contribution in [0.4, 0.5) is 5.82 Å². The second kappa shape index (κ2) is 7.65. The summed E-state index contributed by atoms with van der Waals surface area (Å²) in [5.41, 5.74) is 0. The monoisotopic (exact) mass is 347 g/mol. The molecule has 2 N–H and O–H groups in total. The molecule has 0 radical (unpaired) electrons. The summed E-state index contributed by atoms with van der Waals surface area (Å²) in [4.78, 5) is 3.99. The second-order valence-corrected chi connectivity index (χ2v) is 7.46. The van der Waals surface area contributed by atoms with Crippen molar-refractivity contribution in [3.05, 3.63) is 34.7 Å². The smallest absolute Gasteiger partial charge is 0.124 e. The highest BCUT2D eigenvalue weighted by Gasteiger charge is 2.24. The highest BCUT2D eigenvalue weighted by molar-refractivity contribution is 7.10. The Morgan fingerprint density at radius 2 is 2.29 bits per heavy atom. The zero-order chi connectivity index (χ0) is 16.2. The molecule has 2 atom stereocenters. The molecule has 0 amide bonds. The zero-order valence-corrected chi connectivity index (χ0v) is 14.7. The SMILES string of the molecule is c1csc([C@H](CNC[C@@H]2CNc3ccnn3C2)N2CCOCC2)c1. The van der Waals surface area contributed by atoms with E-state index >= 15 is 0 Å². The van der Waals surface area contributed by atoms with Crippen LogP contribution < -0.4 is 10.6 Å². The molecule has 2 aliphatic heterocycles. The van der Waals surface area contributed by atoms with E-state index in [-0.39, 0.29) is 0 Å².